The van der Waals surface area contributed by atoms with E-state index in [0.29, 0.717) is 6.54 Å². The number of rotatable bonds is 12. The summed E-state index contributed by atoms with van der Waals surface area (Å²) in [6.07, 6.45) is 11.8. The summed E-state index contributed by atoms with van der Waals surface area (Å²) in [6, 6.07) is 0. The summed E-state index contributed by atoms with van der Waals surface area (Å²) in [7, 11) is 0. The first-order valence-corrected chi connectivity index (χ1v) is 6.59. The lowest BCUT2D eigenvalue weighted by Gasteiger charge is -2.43. The van der Waals surface area contributed by atoms with Crippen LogP contribution in [0.3, 0.4) is 0 Å². The molecule has 0 fully saturated rings. The van der Waals surface area contributed by atoms with Crippen molar-refractivity contribution in [3.8, 4) is 0 Å². The lowest BCUT2D eigenvalue weighted by molar-refractivity contribution is 0.107. The lowest BCUT2D eigenvalue weighted by atomic mass is 9.84. The maximum absolute atomic E-state index is 5.67. The van der Waals surface area contributed by atoms with Crippen molar-refractivity contribution in [3.63, 3.8) is 0 Å². The van der Waals surface area contributed by atoms with Crippen LogP contribution in [0.1, 0.15) is 25.7 Å². The van der Waals surface area contributed by atoms with Crippen molar-refractivity contribution in [2.45, 2.75) is 31.2 Å². The molecule has 0 amide bonds. The monoisotopic (exact) mass is 248 g/mol. The lowest BCUT2D eigenvalue weighted by Crippen LogP contribution is -2.48. The minimum absolute atomic E-state index is 0.0469. The number of nitrogens with zero attached hydrogens (tertiary/aromatic N) is 1. The van der Waals surface area contributed by atoms with Gasteiger partial charge in [0.15, 0.2) is 0 Å². The van der Waals surface area contributed by atoms with E-state index < -0.39 is 0 Å². The van der Waals surface area contributed by atoms with Crippen molar-refractivity contribution in [3.05, 3.63) is 50.6 Å². The zero-order valence-corrected chi connectivity index (χ0v) is 11.6. The van der Waals surface area contributed by atoms with Gasteiger partial charge in [0, 0.05) is 18.6 Å². The molecular formula is C16H28N2. The van der Waals surface area contributed by atoms with Crippen molar-refractivity contribution in [1.29, 1.82) is 0 Å². The molecule has 0 aliphatic heterocycles. The highest BCUT2D eigenvalue weighted by molar-refractivity contribution is 5.02. The molecule has 0 rings (SSSR count). The van der Waals surface area contributed by atoms with Gasteiger partial charge < -0.3 is 5.73 Å². The van der Waals surface area contributed by atoms with Crippen LogP contribution >= 0.6 is 0 Å². The molecule has 0 aromatic carbocycles. The van der Waals surface area contributed by atoms with Crippen molar-refractivity contribution in [1.82, 2.24) is 4.90 Å². The van der Waals surface area contributed by atoms with Crippen LogP contribution in [-0.2, 0) is 0 Å². The first-order valence-electron chi connectivity index (χ1n) is 6.59. The normalized spacial score (nSPS) is 11.2. The third-order valence-electron chi connectivity index (χ3n) is 3.26. The predicted octanol–water partition coefficient (Wildman–Crippen LogP) is 3.29. The molecule has 0 radical (unpaired) electrons. The van der Waals surface area contributed by atoms with Gasteiger partial charge in [0.05, 0.1) is 0 Å². The fraction of sp³-hybridized carbons (Fsp3) is 0.500. The van der Waals surface area contributed by atoms with E-state index in [0.717, 1.165) is 38.8 Å². The molecule has 0 saturated heterocycles. The van der Waals surface area contributed by atoms with Crippen LogP contribution in [0, 0.1) is 0 Å². The average molecular weight is 248 g/mol. The van der Waals surface area contributed by atoms with Crippen LogP contribution in [0.25, 0.3) is 0 Å². The van der Waals surface area contributed by atoms with Crippen molar-refractivity contribution in [2.75, 3.05) is 19.6 Å². The van der Waals surface area contributed by atoms with Crippen LogP contribution in [0.15, 0.2) is 50.6 Å². The summed E-state index contributed by atoms with van der Waals surface area (Å²) in [5.74, 6) is 0. The molecule has 0 aliphatic carbocycles. The first kappa shape index (κ1) is 16.9. The third kappa shape index (κ3) is 5.03. The highest BCUT2D eigenvalue weighted by atomic mass is 15.2. The van der Waals surface area contributed by atoms with Gasteiger partial charge in [-0.1, -0.05) is 24.3 Å². The van der Waals surface area contributed by atoms with E-state index in [1.807, 2.05) is 24.3 Å². The molecule has 0 aromatic heterocycles. The van der Waals surface area contributed by atoms with E-state index >= 15 is 0 Å². The van der Waals surface area contributed by atoms with Crippen molar-refractivity contribution in [2.24, 2.45) is 5.73 Å². The molecule has 102 valence electrons. The SMILES string of the molecule is C=CCN(CC=C)C(CC=C)(CC=C)CCCN. The van der Waals surface area contributed by atoms with Gasteiger partial charge in [-0.2, -0.15) is 0 Å². The smallest absolute Gasteiger partial charge is 0.0285 e. The Balaban J connectivity index is 5.14. The average Bonchev–Trinajstić information content (AvgIpc) is 2.36. The fourth-order valence-corrected chi connectivity index (χ4v) is 2.45. The highest BCUT2D eigenvalue weighted by Crippen LogP contribution is 2.30. The fourth-order valence-electron chi connectivity index (χ4n) is 2.45. The Morgan fingerprint density at radius 2 is 1.39 bits per heavy atom. The Morgan fingerprint density at radius 3 is 1.72 bits per heavy atom. The zero-order valence-electron chi connectivity index (χ0n) is 11.6. The second kappa shape index (κ2) is 9.86. The van der Waals surface area contributed by atoms with Crippen LogP contribution in [0.2, 0.25) is 0 Å². The molecule has 0 bridgehead atoms. The Labute approximate surface area is 113 Å². The molecular weight excluding hydrogens is 220 g/mol. The second-order valence-corrected chi connectivity index (χ2v) is 4.58. The molecule has 0 atom stereocenters. The Hall–Kier alpha value is -1.12. The zero-order chi connectivity index (χ0) is 13.9. The summed E-state index contributed by atoms with van der Waals surface area (Å²) in [6.45, 7) is 17.9. The predicted molar refractivity (Wildman–Crippen MR) is 82.6 cm³/mol. The van der Waals surface area contributed by atoms with Gasteiger partial charge in [0.2, 0.25) is 0 Å². The molecule has 0 spiro atoms. The number of hydrogen-bond acceptors (Lipinski definition) is 2. The standard InChI is InChI=1S/C16H28N2/c1-5-10-16(11-6-2,12-9-13-17)18(14-7-3)15-8-4/h5-8H,1-4,9-15,17H2. The number of nitrogens with two attached hydrogens (primary N) is 1. The molecule has 0 saturated carbocycles. The van der Waals surface area contributed by atoms with Crippen LogP contribution < -0.4 is 5.73 Å². The quantitative estimate of drug-likeness (QED) is 0.537. The van der Waals surface area contributed by atoms with Gasteiger partial charge >= 0.3 is 0 Å². The van der Waals surface area contributed by atoms with Crippen LogP contribution in [0.5, 0.6) is 0 Å². The van der Waals surface area contributed by atoms with Gasteiger partial charge in [-0.25, -0.2) is 0 Å². The van der Waals surface area contributed by atoms with E-state index in [2.05, 4.69) is 31.2 Å². The van der Waals surface area contributed by atoms with Crippen molar-refractivity contribution >= 4 is 0 Å². The summed E-state index contributed by atoms with van der Waals surface area (Å²) < 4.78 is 0. The van der Waals surface area contributed by atoms with E-state index in [1.165, 1.54) is 0 Å². The minimum Gasteiger partial charge on any atom is -0.330 e. The molecule has 2 nitrogen and oxygen atoms in total. The molecule has 18 heavy (non-hydrogen) atoms. The summed E-state index contributed by atoms with van der Waals surface area (Å²) in [5.41, 5.74) is 5.71. The maximum Gasteiger partial charge on any atom is 0.0285 e. The van der Waals surface area contributed by atoms with Crippen molar-refractivity contribution < 1.29 is 0 Å². The van der Waals surface area contributed by atoms with Gasteiger partial charge in [0.1, 0.15) is 0 Å². The molecule has 2 N–H and O–H groups in total. The van der Waals surface area contributed by atoms with E-state index in [-0.39, 0.29) is 5.54 Å². The Bertz CT molecular complexity index is 248. The second-order valence-electron chi connectivity index (χ2n) is 4.58. The number of hydrogen-bond donors (Lipinski definition) is 1. The molecule has 2 heteroatoms. The van der Waals surface area contributed by atoms with Gasteiger partial charge in [0.25, 0.3) is 0 Å². The topological polar surface area (TPSA) is 29.3 Å². The van der Waals surface area contributed by atoms with E-state index in [9.17, 15) is 0 Å². The van der Waals surface area contributed by atoms with Gasteiger partial charge in [-0.15, -0.1) is 26.3 Å². The van der Waals surface area contributed by atoms with Gasteiger partial charge in [-0.3, -0.25) is 4.90 Å². The molecule has 0 aliphatic rings. The molecule has 0 heterocycles. The highest BCUT2D eigenvalue weighted by Gasteiger charge is 2.32. The van der Waals surface area contributed by atoms with E-state index in [1.54, 1.807) is 0 Å². The first-order chi connectivity index (χ1) is 8.70. The Kier molecular flexibility index (Phi) is 9.25. The largest absolute Gasteiger partial charge is 0.330 e. The summed E-state index contributed by atoms with van der Waals surface area (Å²) in [4.78, 5) is 2.39. The van der Waals surface area contributed by atoms with Crippen LogP contribution in [-0.4, -0.2) is 30.1 Å². The molecule has 0 aromatic rings. The summed E-state index contributed by atoms with van der Waals surface area (Å²) in [5, 5.41) is 0. The van der Waals surface area contributed by atoms with E-state index in [4.69, 9.17) is 5.73 Å². The maximum atomic E-state index is 5.67. The third-order valence-corrected chi connectivity index (χ3v) is 3.26. The molecule has 0 unspecified atom stereocenters. The minimum atomic E-state index is 0.0469. The summed E-state index contributed by atoms with van der Waals surface area (Å²) >= 11 is 0. The van der Waals surface area contributed by atoms with Crippen LogP contribution in [0.4, 0.5) is 0 Å². The Morgan fingerprint density at radius 1 is 0.889 bits per heavy atom. The van der Waals surface area contributed by atoms with Gasteiger partial charge in [-0.05, 0) is 32.2 Å².